The van der Waals surface area contributed by atoms with Gasteiger partial charge in [0.05, 0.1) is 24.0 Å². The fourth-order valence-corrected chi connectivity index (χ4v) is 2.42. The SMILES string of the molecule is CCCc1c(C(=O)NCC(C)CO)cnn1Cc1ccccc1. The van der Waals surface area contributed by atoms with Crippen molar-refractivity contribution in [2.45, 2.75) is 33.2 Å². The van der Waals surface area contributed by atoms with Crippen molar-refractivity contribution in [3.05, 3.63) is 53.3 Å². The fraction of sp³-hybridized carbons (Fsp3) is 0.444. The Balaban J connectivity index is 2.15. The molecule has 0 aliphatic heterocycles. The predicted octanol–water partition coefficient (Wildman–Crippen LogP) is 2.24. The second-order valence-electron chi connectivity index (χ2n) is 5.90. The number of carbonyl (C=O) groups excluding carboxylic acids is 1. The standard InChI is InChI=1S/C18H25N3O2/c1-3-7-17-16(18(23)19-10-14(2)13-22)11-20-21(17)12-15-8-5-4-6-9-15/h4-6,8-9,11,14,22H,3,7,10,12-13H2,1-2H3,(H,19,23). The summed E-state index contributed by atoms with van der Waals surface area (Å²) in [4.78, 5) is 12.4. The summed E-state index contributed by atoms with van der Waals surface area (Å²) in [5.74, 6) is -0.0685. The number of aromatic nitrogens is 2. The van der Waals surface area contributed by atoms with Crippen molar-refractivity contribution < 1.29 is 9.90 Å². The molecular weight excluding hydrogens is 290 g/mol. The quantitative estimate of drug-likeness (QED) is 0.785. The first-order chi connectivity index (χ1) is 11.2. The summed E-state index contributed by atoms with van der Waals surface area (Å²) in [6, 6.07) is 10.1. The topological polar surface area (TPSA) is 67.2 Å². The molecule has 1 atom stereocenters. The third-order valence-electron chi connectivity index (χ3n) is 3.78. The monoisotopic (exact) mass is 315 g/mol. The molecule has 1 unspecified atom stereocenters. The highest BCUT2D eigenvalue weighted by Crippen LogP contribution is 2.14. The summed E-state index contributed by atoms with van der Waals surface area (Å²) in [5.41, 5.74) is 2.76. The molecule has 0 aliphatic carbocycles. The maximum Gasteiger partial charge on any atom is 0.254 e. The first-order valence-electron chi connectivity index (χ1n) is 8.13. The van der Waals surface area contributed by atoms with Crippen LogP contribution in [-0.4, -0.2) is 33.9 Å². The smallest absolute Gasteiger partial charge is 0.254 e. The lowest BCUT2D eigenvalue weighted by atomic mass is 10.1. The molecular formula is C18H25N3O2. The van der Waals surface area contributed by atoms with Crippen molar-refractivity contribution in [2.24, 2.45) is 5.92 Å². The number of nitrogens with zero attached hydrogens (tertiary/aromatic N) is 2. The molecule has 23 heavy (non-hydrogen) atoms. The molecule has 2 aromatic rings. The third-order valence-corrected chi connectivity index (χ3v) is 3.78. The average molecular weight is 315 g/mol. The van der Waals surface area contributed by atoms with Crippen LogP contribution in [0.1, 0.15) is 41.9 Å². The normalized spacial score (nSPS) is 12.1. The van der Waals surface area contributed by atoms with Crippen LogP contribution in [0.5, 0.6) is 0 Å². The molecule has 1 aromatic heterocycles. The van der Waals surface area contributed by atoms with Crippen LogP contribution < -0.4 is 5.32 Å². The zero-order chi connectivity index (χ0) is 16.7. The van der Waals surface area contributed by atoms with Crippen molar-refractivity contribution >= 4 is 5.91 Å². The minimum absolute atomic E-state index is 0.0490. The summed E-state index contributed by atoms with van der Waals surface area (Å²) in [5, 5.41) is 16.3. The maximum atomic E-state index is 12.4. The van der Waals surface area contributed by atoms with Crippen LogP contribution in [0, 0.1) is 5.92 Å². The van der Waals surface area contributed by atoms with E-state index in [-0.39, 0.29) is 18.4 Å². The Morgan fingerprint density at radius 3 is 2.74 bits per heavy atom. The van der Waals surface area contributed by atoms with Crippen LogP contribution in [0.25, 0.3) is 0 Å². The van der Waals surface area contributed by atoms with Gasteiger partial charge in [0.2, 0.25) is 0 Å². The Morgan fingerprint density at radius 1 is 1.35 bits per heavy atom. The van der Waals surface area contributed by atoms with Gasteiger partial charge in [-0.3, -0.25) is 9.48 Å². The Bertz CT molecular complexity index is 622. The van der Waals surface area contributed by atoms with Crippen molar-refractivity contribution in [3.8, 4) is 0 Å². The van der Waals surface area contributed by atoms with Crippen LogP contribution in [-0.2, 0) is 13.0 Å². The molecule has 0 radical (unpaired) electrons. The Hall–Kier alpha value is -2.14. The summed E-state index contributed by atoms with van der Waals surface area (Å²) in [6.45, 7) is 5.18. The van der Waals surface area contributed by atoms with Gasteiger partial charge in [0.1, 0.15) is 0 Å². The first-order valence-corrected chi connectivity index (χ1v) is 8.13. The number of aliphatic hydroxyl groups excluding tert-OH is 1. The van der Waals surface area contributed by atoms with Gasteiger partial charge >= 0.3 is 0 Å². The van der Waals surface area contributed by atoms with Gasteiger partial charge in [-0.2, -0.15) is 5.10 Å². The zero-order valence-electron chi connectivity index (χ0n) is 13.8. The van der Waals surface area contributed by atoms with Crippen LogP contribution in [0.3, 0.4) is 0 Å². The van der Waals surface area contributed by atoms with Crippen molar-refractivity contribution in [1.82, 2.24) is 15.1 Å². The van der Waals surface area contributed by atoms with Gasteiger partial charge in [-0.25, -0.2) is 0 Å². The van der Waals surface area contributed by atoms with Crippen molar-refractivity contribution in [3.63, 3.8) is 0 Å². The van der Waals surface area contributed by atoms with Gasteiger partial charge in [0.15, 0.2) is 0 Å². The number of hydrogen-bond donors (Lipinski definition) is 2. The van der Waals surface area contributed by atoms with Gasteiger partial charge in [-0.15, -0.1) is 0 Å². The Labute approximate surface area is 137 Å². The second kappa shape index (κ2) is 8.48. The molecule has 1 heterocycles. The van der Waals surface area contributed by atoms with E-state index < -0.39 is 0 Å². The van der Waals surface area contributed by atoms with E-state index in [0.29, 0.717) is 18.7 Å². The van der Waals surface area contributed by atoms with E-state index in [1.54, 1.807) is 6.20 Å². The van der Waals surface area contributed by atoms with E-state index in [2.05, 4.69) is 29.5 Å². The van der Waals surface area contributed by atoms with Crippen LogP contribution in [0.2, 0.25) is 0 Å². The number of hydrogen-bond acceptors (Lipinski definition) is 3. The molecule has 124 valence electrons. The minimum Gasteiger partial charge on any atom is -0.396 e. The molecule has 0 fully saturated rings. The van der Waals surface area contributed by atoms with Gasteiger partial charge in [0.25, 0.3) is 5.91 Å². The van der Waals surface area contributed by atoms with Crippen LogP contribution >= 0.6 is 0 Å². The lowest BCUT2D eigenvalue weighted by Crippen LogP contribution is -2.30. The molecule has 0 bridgehead atoms. The van der Waals surface area contributed by atoms with E-state index in [4.69, 9.17) is 5.11 Å². The maximum absolute atomic E-state index is 12.4. The van der Waals surface area contributed by atoms with Crippen molar-refractivity contribution in [2.75, 3.05) is 13.2 Å². The number of nitrogens with one attached hydrogen (secondary N) is 1. The summed E-state index contributed by atoms with van der Waals surface area (Å²) in [6.07, 6.45) is 3.41. The Kier molecular flexibility index (Phi) is 6.35. The average Bonchev–Trinajstić information content (AvgIpc) is 2.96. The largest absolute Gasteiger partial charge is 0.396 e. The lowest BCUT2D eigenvalue weighted by Gasteiger charge is -2.11. The molecule has 5 heteroatoms. The molecule has 1 amide bonds. The molecule has 1 aromatic carbocycles. The minimum atomic E-state index is -0.118. The molecule has 2 rings (SSSR count). The lowest BCUT2D eigenvalue weighted by molar-refractivity contribution is 0.0941. The van der Waals surface area contributed by atoms with E-state index in [0.717, 1.165) is 24.1 Å². The molecule has 0 saturated carbocycles. The molecule has 5 nitrogen and oxygen atoms in total. The highest BCUT2D eigenvalue weighted by Gasteiger charge is 2.17. The third kappa shape index (κ3) is 4.66. The van der Waals surface area contributed by atoms with Crippen molar-refractivity contribution in [1.29, 1.82) is 0 Å². The van der Waals surface area contributed by atoms with Gasteiger partial charge in [-0.1, -0.05) is 50.6 Å². The van der Waals surface area contributed by atoms with E-state index >= 15 is 0 Å². The van der Waals surface area contributed by atoms with Crippen LogP contribution in [0.15, 0.2) is 36.5 Å². The number of amides is 1. The second-order valence-corrected chi connectivity index (χ2v) is 5.90. The summed E-state index contributed by atoms with van der Waals surface area (Å²) < 4.78 is 1.91. The summed E-state index contributed by atoms with van der Waals surface area (Å²) >= 11 is 0. The highest BCUT2D eigenvalue weighted by molar-refractivity contribution is 5.95. The predicted molar refractivity (Wildman–Crippen MR) is 90.3 cm³/mol. The molecule has 0 saturated heterocycles. The van der Waals surface area contributed by atoms with Gasteiger partial charge in [0, 0.05) is 13.2 Å². The number of rotatable bonds is 8. The number of aliphatic hydroxyl groups is 1. The van der Waals surface area contributed by atoms with Gasteiger partial charge < -0.3 is 10.4 Å². The number of carbonyl (C=O) groups is 1. The summed E-state index contributed by atoms with van der Waals surface area (Å²) in [7, 11) is 0. The van der Waals surface area contributed by atoms with E-state index in [9.17, 15) is 4.79 Å². The van der Waals surface area contributed by atoms with E-state index in [1.807, 2.05) is 29.8 Å². The van der Waals surface area contributed by atoms with E-state index in [1.165, 1.54) is 0 Å². The molecule has 2 N–H and O–H groups in total. The van der Waals surface area contributed by atoms with Gasteiger partial charge in [-0.05, 0) is 17.9 Å². The first kappa shape index (κ1) is 17.2. The highest BCUT2D eigenvalue weighted by atomic mass is 16.3. The molecule has 0 aliphatic rings. The molecule has 0 spiro atoms. The zero-order valence-corrected chi connectivity index (χ0v) is 13.8. The van der Waals surface area contributed by atoms with Crippen LogP contribution in [0.4, 0.5) is 0 Å². The number of benzene rings is 1. The Morgan fingerprint density at radius 2 is 2.09 bits per heavy atom. The fourth-order valence-electron chi connectivity index (χ4n) is 2.42.